The quantitative estimate of drug-likeness (QED) is 0.518. The maximum Gasteiger partial charge on any atom is 0.411 e. The summed E-state index contributed by atoms with van der Waals surface area (Å²) >= 11 is 0. The lowest BCUT2D eigenvalue weighted by Gasteiger charge is -2.34. The highest BCUT2D eigenvalue weighted by atomic mass is 32.2. The van der Waals surface area contributed by atoms with Crippen molar-refractivity contribution in [1.82, 2.24) is 5.32 Å². The van der Waals surface area contributed by atoms with Gasteiger partial charge in [-0.25, -0.2) is 13.2 Å². The molecule has 3 aromatic rings. The SMILES string of the molecule is CCOC(=O)Nc1ccc(S(=O)(=O)N2C[C@H](C(=O)NCc3ccccc3)Oc3ccccc32)cc1. The number of hydrogen-bond donors (Lipinski definition) is 2. The fourth-order valence-corrected chi connectivity index (χ4v) is 5.06. The Hall–Kier alpha value is -4.05. The Bertz CT molecular complexity index is 1300. The standard InChI is InChI=1S/C25H25N3O6S/c1-2-33-25(30)27-19-12-14-20(15-13-19)35(31,32)28-17-23(34-22-11-7-6-10-21(22)28)24(29)26-16-18-8-4-3-5-9-18/h3-15,23H,2,16-17H2,1H3,(H,26,29)(H,27,30)/t23-/m1/s1. The van der Waals surface area contributed by atoms with E-state index < -0.39 is 28.1 Å². The second-order valence-corrected chi connectivity index (χ2v) is 9.55. The Balaban J connectivity index is 1.55. The monoisotopic (exact) mass is 495 g/mol. The number of rotatable bonds is 7. The van der Waals surface area contributed by atoms with E-state index in [1.807, 2.05) is 30.3 Å². The van der Waals surface area contributed by atoms with Gasteiger partial charge in [-0.05, 0) is 48.9 Å². The van der Waals surface area contributed by atoms with E-state index in [4.69, 9.17) is 9.47 Å². The summed E-state index contributed by atoms with van der Waals surface area (Å²) in [7, 11) is -4.04. The Morgan fingerprint density at radius 3 is 2.40 bits per heavy atom. The molecule has 1 aliphatic heterocycles. The van der Waals surface area contributed by atoms with Crippen LogP contribution in [-0.2, 0) is 26.1 Å². The fourth-order valence-electron chi connectivity index (χ4n) is 3.59. The number of nitrogens with one attached hydrogen (secondary N) is 2. The van der Waals surface area contributed by atoms with Gasteiger partial charge in [-0.15, -0.1) is 0 Å². The molecule has 0 unspecified atom stereocenters. The third-order valence-corrected chi connectivity index (χ3v) is 7.09. The summed E-state index contributed by atoms with van der Waals surface area (Å²) in [6.45, 7) is 2.01. The van der Waals surface area contributed by atoms with Gasteiger partial charge in [0.15, 0.2) is 6.10 Å². The van der Waals surface area contributed by atoms with Crippen LogP contribution in [-0.4, -0.2) is 39.7 Å². The van der Waals surface area contributed by atoms with Crippen LogP contribution in [0.5, 0.6) is 5.75 Å². The maximum atomic E-state index is 13.6. The molecule has 3 aromatic carbocycles. The summed E-state index contributed by atoms with van der Waals surface area (Å²) < 4.78 is 39.0. The zero-order chi connectivity index (χ0) is 24.8. The van der Waals surface area contributed by atoms with Crippen molar-refractivity contribution in [3.05, 3.63) is 84.4 Å². The third kappa shape index (κ3) is 5.55. The minimum Gasteiger partial charge on any atom is -0.476 e. The summed E-state index contributed by atoms with van der Waals surface area (Å²) in [5, 5.41) is 5.33. The van der Waals surface area contributed by atoms with E-state index in [9.17, 15) is 18.0 Å². The van der Waals surface area contributed by atoms with Crippen LogP contribution in [0.15, 0.2) is 83.8 Å². The lowest BCUT2D eigenvalue weighted by atomic mass is 10.2. The number of amides is 2. The first kappa shape index (κ1) is 24.1. The number of carbonyl (C=O) groups is 2. The highest BCUT2D eigenvalue weighted by molar-refractivity contribution is 7.92. The Morgan fingerprint density at radius 2 is 1.69 bits per heavy atom. The Kier molecular flexibility index (Phi) is 7.21. The number of hydrogen-bond acceptors (Lipinski definition) is 6. The molecule has 2 N–H and O–H groups in total. The average molecular weight is 496 g/mol. The molecule has 0 saturated carbocycles. The molecule has 0 bridgehead atoms. The Labute approximate surface area is 203 Å². The molecule has 1 aliphatic rings. The zero-order valence-electron chi connectivity index (χ0n) is 19.0. The molecule has 0 saturated heterocycles. The summed E-state index contributed by atoms with van der Waals surface area (Å²) in [4.78, 5) is 24.5. The molecular weight excluding hydrogens is 470 g/mol. The molecule has 9 nitrogen and oxygen atoms in total. The molecule has 0 aromatic heterocycles. The van der Waals surface area contributed by atoms with Crippen molar-refractivity contribution in [2.24, 2.45) is 0 Å². The first-order valence-electron chi connectivity index (χ1n) is 11.0. The van der Waals surface area contributed by atoms with Crippen LogP contribution in [0.1, 0.15) is 12.5 Å². The predicted octanol–water partition coefficient (Wildman–Crippen LogP) is 3.53. The number of carbonyl (C=O) groups excluding carboxylic acids is 2. The van der Waals surface area contributed by atoms with Crippen molar-refractivity contribution in [2.75, 3.05) is 22.8 Å². The number of para-hydroxylation sites is 2. The van der Waals surface area contributed by atoms with Crippen LogP contribution in [0.2, 0.25) is 0 Å². The molecule has 0 radical (unpaired) electrons. The summed E-state index contributed by atoms with van der Waals surface area (Å²) in [5.74, 6) is -0.125. The minimum atomic E-state index is -4.04. The largest absolute Gasteiger partial charge is 0.476 e. The molecule has 1 heterocycles. The lowest BCUT2D eigenvalue weighted by Crippen LogP contribution is -2.50. The maximum absolute atomic E-state index is 13.6. The van der Waals surface area contributed by atoms with Gasteiger partial charge < -0.3 is 14.8 Å². The first-order chi connectivity index (χ1) is 16.9. The fraction of sp³-hybridized carbons (Fsp3) is 0.200. The van der Waals surface area contributed by atoms with Crippen molar-refractivity contribution < 1.29 is 27.5 Å². The lowest BCUT2D eigenvalue weighted by molar-refractivity contribution is -0.127. The van der Waals surface area contributed by atoms with Crippen molar-refractivity contribution in [2.45, 2.75) is 24.5 Å². The number of ether oxygens (including phenoxy) is 2. The van der Waals surface area contributed by atoms with E-state index in [0.29, 0.717) is 23.7 Å². The van der Waals surface area contributed by atoms with E-state index in [1.165, 1.54) is 28.6 Å². The van der Waals surface area contributed by atoms with Crippen LogP contribution in [0.3, 0.4) is 0 Å². The van der Waals surface area contributed by atoms with Gasteiger partial charge in [0.25, 0.3) is 15.9 Å². The average Bonchev–Trinajstić information content (AvgIpc) is 2.87. The number of nitrogens with zero attached hydrogens (tertiary/aromatic N) is 1. The van der Waals surface area contributed by atoms with E-state index in [1.54, 1.807) is 31.2 Å². The van der Waals surface area contributed by atoms with Gasteiger partial charge in [0, 0.05) is 12.2 Å². The highest BCUT2D eigenvalue weighted by Gasteiger charge is 2.37. The minimum absolute atomic E-state index is 0.00653. The molecule has 182 valence electrons. The van der Waals surface area contributed by atoms with Crippen LogP contribution < -0.4 is 19.7 Å². The molecule has 1 atom stereocenters. The summed E-state index contributed by atoms with van der Waals surface area (Å²) in [6.07, 6.45) is -1.66. The van der Waals surface area contributed by atoms with Gasteiger partial charge in [-0.3, -0.25) is 14.4 Å². The van der Waals surface area contributed by atoms with Crippen LogP contribution in [0.25, 0.3) is 0 Å². The molecule has 35 heavy (non-hydrogen) atoms. The molecule has 0 fully saturated rings. The third-order valence-electron chi connectivity index (χ3n) is 5.30. The highest BCUT2D eigenvalue weighted by Crippen LogP contribution is 2.37. The molecule has 2 amide bonds. The second kappa shape index (κ2) is 10.5. The van der Waals surface area contributed by atoms with Gasteiger partial charge >= 0.3 is 6.09 Å². The number of anilines is 2. The van der Waals surface area contributed by atoms with Crippen molar-refractivity contribution in [3.63, 3.8) is 0 Å². The Morgan fingerprint density at radius 1 is 1.00 bits per heavy atom. The van der Waals surface area contributed by atoms with Gasteiger partial charge in [0.05, 0.1) is 23.7 Å². The van der Waals surface area contributed by atoms with Gasteiger partial charge in [0.1, 0.15) is 5.75 Å². The van der Waals surface area contributed by atoms with Crippen molar-refractivity contribution in [3.8, 4) is 5.75 Å². The summed E-state index contributed by atoms with van der Waals surface area (Å²) in [6, 6.07) is 21.8. The van der Waals surface area contributed by atoms with E-state index in [2.05, 4.69) is 10.6 Å². The van der Waals surface area contributed by atoms with Crippen LogP contribution >= 0.6 is 0 Å². The van der Waals surface area contributed by atoms with E-state index in [0.717, 1.165) is 5.56 Å². The first-order valence-corrected chi connectivity index (χ1v) is 12.5. The van der Waals surface area contributed by atoms with E-state index in [-0.39, 0.29) is 18.0 Å². The summed E-state index contributed by atoms with van der Waals surface area (Å²) in [5.41, 5.74) is 1.65. The van der Waals surface area contributed by atoms with Gasteiger partial charge in [0.2, 0.25) is 0 Å². The molecule has 0 spiro atoms. The molecule has 4 rings (SSSR count). The molecule has 10 heteroatoms. The van der Waals surface area contributed by atoms with Gasteiger partial charge in [-0.2, -0.15) is 0 Å². The number of fused-ring (bicyclic) bond motifs is 1. The van der Waals surface area contributed by atoms with Crippen LogP contribution in [0.4, 0.5) is 16.2 Å². The predicted molar refractivity (Wildman–Crippen MR) is 131 cm³/mol. The number of benzene rings is 3. The van der Waals surface area contributed by atoms with Crippen molar-refractivity contribution in [1.29, 1.82) is 0 Å². The normalized spacial score (nSPS) is 14.9. The topological polar surface area (TPSA) is 114 Å². The van der Waals surface area contributed by atoms with Crippen molar-refractivity contribution >= 4 is 33.4 Å². The van der Waals surface area contributed by atoms with Gasteiger partial charge in [-0.1, -0.05) is 42.5 Å². The van der Waals surface area contributed by atoms with Crippen LogP contribution in [0, 0.1) is 0 Å². The zero-order valence-corrected chi connectivity index (χ0v) is 19.8. The molecular formula is C25H25N3O6S. The molecule has 0 aliphatic carbocycles. The number of sulfonamides is 1. The smallest absolute Gasteiger partial charge is 0.411 e. The second-order valence-electron chi connectivity index (χ2n) is 7.68. The van der Waals surface area contributed by atoms with E-state index >= 15 is 0 Å².